The summed E-state index contributed by atoms with van der Waals surface area (Å²) in [5, 5.41) is 21.5. The number of aliphatic hydroxyl groups excluding tert-OH is 1. The van der Waals surface area contributed by atoms with Crippen LogP contribution in [0.2, 0.25) is 0 Å². The van der Waals surface area contributed by atoms with Crippen LogP contribution in [0.5, 0.6) is 0 Å². The molecule has 0 saturated heterocycles. The molecule has 3 heterocycles. The molecule has 0 bridgehead atoms. The quantitative estimate of drug-likeness (QED) is 0.102. The summed E-state index contributed by atoms with van der Waals surface area (Å²) in [7, 11) is 10.8. The van der Waals surface area contributed by atoms with Crippen molar-refractivity contribution >= 4 is 70.5 Å². The molecule has 0 fully saturated rings. The minimum atomic E-state index is -0.468. The van der Waals surface area contributed by atoms with E-state index in [1.165, 1.54) is 14.0 Å². The van der Waals surface area contributed by atoms with E-state index in [1.54, 1.807) is 55.0 Å². The predicted molar refractivity (Wildman–Crippen MR) is 214 cm³/mol. The number of fused-ring (bicyclic) bond motifs is 3. The Bertz CT molecular complexity index is 1770. The smallest absolute Gasteiger partial charge is 0.250 e. The third kappa shape index (κ3) is 25.1. The molecule has 3 amide bonds. The van der Waals surface area contributed by atoms with Crippen molar-refractivity contribution in [3.8, 4) is 0 Å². The van der Waals surface area contributed by atoms with Gasteiger partial charge < -0.3 is 50.7 Å². The zero-order valence-electron chi connectivity index (χ0n) is 33.6. The Morgan fingerprint density at radius 1 is 0.569 bits per heavy atom. The zero-order valence-corrected chi connectivity index (χ0v) is 43.5. The maximum absolute atomic E-state index is 11.0. The van der Waals surface area contributed by atoms with Gasteiger partial charge in [-0.15, -0.1) is 31.7 Å². The molecule has 0 atom stereocenters. The first-order valence-electron chi connectivity index (χ1n) is 15.7. The van der Waals surface area contributed by atoms with Crippen LogP contribution in [0.3, 0.4) is 0 Å². The van der Waals surface area contributed by atoms with Crippen molar-refractivity contribution < 1.29 is 151 Å². The number of benzene rings is 3. The summed E-state index contributed by atoms with van der Waals surface area (Å²) < 4.78 is 4.24. The minimum absolute atomic E-state index is 0. The number of nitrogens with zero attached hydrogens (tertiary/aromatic N) is 6. The largest absolute Gasteiger partial charge is 0.665 e. The molecule has 16 nitrogen and oxygen atoms in total. The number of carbonyl (C=O) groups is 3. The molecule has 20 heteroatoms. The van der Waals surface area contributed by atoms with Crippen molar-refractivity contribution in [3.63, 3.8) is 0 Å². The summed E-state index contributed by atoms with van der Waals surface area (Å²) in [5.74, 6) is -1.40. The van der Waals surface area contributed by atoms with Gasteiger partial charge in [-0.3, -0.25) is 28.0 Å². The van der Waals surface area contributed by atoms with E-state index >= 15 is 0 Å². The van der Waals surface area contributed by atoms with Crippen LogP contribution in [0.1, 0.15) is 72.6 Å². The number of hydrogen-bond acceptors (Lipinski definition) is 9. The van der Waals surface area contributed by atoms with E-state index in [4.69, 9.17) is 36.7 Å². The fourth-order valence-corrected chi connectivity index (χ4v) is 3.88. The third-order valence-electron chi connectivity index (χ3n) is 5.55. The normalized spacial score (nSPS) is 7.76. The molecule has 4 radical (unpaired) electrons. The van der Waals surface area contributed by atoms with Gasteiger partial charge in [0, 0.05) is 117 Å². The molecule has 0 aliphatic heterocycles. The standard InChI is InChI=1S/3C9H8N3O.3C2H6.C2H4.CHO2.2CHO.V.3Y/c3*1-12-5-6-3-2-4-7(9(10)13)8(6)11-12;4*1-2;2-1-3;2*1-2;;;;/h3*2-5H,1H2,(H2,10,13);3*1-2H3;1-2H2;(H,2,3);2*1H;;;;/q3*-1;;;;;3*-1;;;;. The number of rotatable bonds is 3. The van der Waals surface area contributed by atoms with Gasteiger partial charge in [-0.1, -0.05) is 101 Å². The molecule has 6 rings (SSSR count). The second-order valence-corrected chi connectivity index (χ2v) is 8.42. The van der Waals surface area contributed by atoms with Crippen LogP contribution < -0.4 is 17.2 Å². The van der Waals surface area contributed by atoms with Crippen LogP contribution in [0, 0.1) is 21.1 Å². The Hall–Kier alpha value is -3.46. The zero-order chi connectivity index (χ0) is 43.0. The monoisotopic (exact) mass is 1060 g/mol. The molecule has 6 aromatic rings. The molecule has 58 heavy (non-hydrogen) atoms. The van der Waals surface area contributed by atoms with Gasteiger partial charge in [0.25, 0.3) is 17.7 Å². The molecule has 0 unspecified atom stereocenters. The van der Waals surface area contributed by atoms with Gasteiger partial charge in [-0.05, 0) is 18.2 Å². The Kier molecular flexibility index (Phi) is 55.5. The van der Waals surface area contributed by atoms with E-state index in [0.29, 0.717) is 39.7 Å². The topological polar surface area (TPSA) is 254 Å². The van der Waals surface area contributed by atoms with Gasteiger partial charge in [-0.2, -0.15) is 21.1 Å². The van der Waals surface area contributed by atoms with Gasteiger partial charge in [0.15, 0.2) is 0 Å². The van der Waals surface area contributed by atoms with Gasteiger partial charge >= 0.3 is 0 Å². The second-order valence-electron chi connectivity index (χ2n) is 8.42. The molecule has 0 spiro atoms. The molecule has 308 valence electrons. The summed E-state index contributed by atoms with van der Waals surface area (Å²) in [5.41, 5.74) is 18.6. The Labute approximate surface area is 428 Å². The van der Waals surface area contributed by atoms with Crippen molar-refractivity contribution in [3.05, 3.63) is 124 Å². The van der Waals surface area contributed by atoms with Crippen molar-refractivity contribution in [2.75, 3.05) is 0 Å². The number of aromatic nitrogens is 6. The Morgan fingerprint density at radius 3 is 0.897 bits per heavy atom. The first-order chi connectivity index (χ1) is 26.0. The number of carbonyl (C=O) groups excluding carboxylic acids is 5. The van der Waals surface area contributed by atoms with Crippen LogP contribution in [0.25, 0.3) is 32.7 Å². The summed E-state index contributed by atoms with van der Waals surface area (Å²) in [4.78, 5) is 56.7. The van der Waals surface area contributed by atoms with E-state index < -0.39 is 17.7 Å². The first kappa shape index (κ1) is 72.2. The van der Waals surface area contributed by atoms with Crippen LogP contribution in [-0.4, -0.2) is 72.2 Å². The van der Waals surface area contributed by atoms with Crippen molar-refractivity contribution in [1.82, 2.24) is 29.3 Å². The summed E-state index contributed by atoms with van der Waals surface area (Å²) in [6.45, 7) is 25.0. The van der Waals surface area contributed by atoms with Crippen molar-refractivity contribution in [2.24, 2.45) is 17.2 Å². The fourth-order valence-electron chi connectivity index (χ4n) is 3.88. The van der Waals surface area contributed by atoms with Gasteiger partial charge in [0.1, 0.15) is 0 Å². The summed E-state index contributed by atoms with van der Waals surface area (Å²) in [6, 6.07) is 15.8. The molecule has 7 N–H and O–H groups in total. The third-order valence-corrected chi connectivity index (χ3v) is 5.55. The van der Waals surface area contributed by atoms with Crippen molar-refractivity contribution in [2.45, 2.75) is 41.5 Å². The van der Waals surface area contributed by atoms with E-state index in [-0.39, 0.29) is 117 Å². The maximum Gasteiger partial charge on any atom is 0.250 e. The Balaban J connectivity index is -0.0000000897. The number of amides is 3. The maximum atomic E-state index is 11.0. The van der Waals surface area contributed by atoms with Gasteiger partial charge in [-0.25, -0.2) is 15.3 Å². The van der Waals surface area contributed by atoms with Crippen LogP contribution in [0.4, 0.5) is 0 Å². The molecular weight excluding hydrogens is 1010 g/mol. The molecular formula is C38H49N9O7VY3-6. The summed E-state index contributed by atoms with van der Waals surface area (Å²) >= 11 is 0. The van der Waals surface area contributed by atoms with Crippen LogP contribution in [-0.2, 0) is 131 Å². The summed E-state index contributed by atoms with van der Waals surface area (Å²) in [6.07, 6.45) is 5.21. The van der Waals surface area contributed by atoms with E-state index in [9.17, 15) is 14.4 Å². The van der Waals surface area contributed by atoms with Gasteiger partial charge in [0.05, 0.1) is 33.2 Å². The second kappa shape index (κ2) is 44.6. The predicted octanol–water partition coefficient (Wildman–Crippen LogP) is 5.26. The molecule has 0 aliphatic carbocycles. The van der Waals surface area contributed by atoms with E-state index in [1.807, 2.05) is 59.7 Å². The van der Waals surface area contributed by atoms with Crippen LogP contribution >= 0.6 is 0 Å². The number of hydrogen-bond donors (Lipinski definition) is 4. The first-order valence-corrected chi connectivity index (χ1v) is 15.7. The van der Waals surface area contributed by atoms with E-state index in [0.717, 1.165) is 16.2 Å². The fraction of sp³-hybridized carbons (Fsp3) is 0.158. The van der Waals surface area contributed by atoms with Crippen LogP contribution in [0.15, 0.2) is 86.3 Å². The van der Waals surface area contributed by atoms with Gasteiger partial charge in [0.2, 0.25) is 0 Å². The minimum Gasteiger partial charge on any atom is -0.665 e. The average Bonchev–Trinajstić information content (AvgIpc) is 3.90. The molecule has 0 saturated carbocycles. The molecule has 0 aliphatic rings. The molecule has 3 aromatic heterocycles. The average molecular weight is 1060 g/mol. The Morgan fingerprint density at radius 2 is 0.741 bits per heavy atom. The molecule has 3 aromatic carbocycles. The van der Waals surface area contributed by atoms with E-state index in [2.05, 4.69) is 63.2 Å². The number of primary amides is 3. The SMILES string of the molecule is C=C.CC.CC.CC.O=[C-]O.[CH-]=O.[CH-]=O.[CH2-]n1cc2cccc(C(N)=O)c2n1.[CH2-]n1cc2cccc(C(N)=O)c2n1.[CH2-]n1cc2cccc(C(N)=O)c2n1.[V].[Y].[Y].[Y]. The number of nitrogens with two attached hydrogens (primary N) is 3. The van der Waals surface area contributed by atoms with Crippen molar-refractivity contribution in [1.29, 1.82) is 0 Å².